The van der Waals surface area contributed by atoms with Crippen molar-refractivity contribution in [1.82, 2.24) is 15.5 Å². The van der Waals surface area contributed by atoms with E-state index in [0.717, 1.165) is 25.7 Å². The van der Waals surface area contributed by atoms with Crippen LogP contribution in [0.4, 0.5) is 4.79 Å². The predicted molar refractivity (Wildman–Crippen MR) is 115 cm³/mol. The Hall–Kier alpha value is -1.41. The topological polar surface area (TPSA) is 86.5 Å². The summed E-state index contributed by atoms with van der Waals surface area (Å²) in [6.07, 6.45) is 3.09. The van der Waals surface area contributed by atoms with E-state index in [1.54, 1.807) is 0 Å². The number of carbonyl (C=O) groups excluding carboxylic acids is 1. The van der Waals surface area contributed by atoms with Crippen LogP contribution in [0.25, 0.3) is 0 Å². The molecule has 1 heterocycles. The van der Waals surface area contributed by atoms with Gasteiger partial charge in [0.05, 0.1) is 0 Å². The molecule has 166 valence electrons. The van der Waals surface area contributed by atoms with E-state index in [0.29, 0.717) is 11.8 Å². The summed E-state index contributed by atoms with van der Waals surface area (Å²) in [5, 5.41) is 11.7. The largest absolute Gasteiger partial charge is 0.444 e. The molecule has 1 aliphatic carbocycles. The first kappa shape index (κ1) is 23.9. The zero-order chi connectivity index (χ0) is 22.0. The molecule has 0 saturated heterocycles. The van der Waals surface area contributed by atoms with Gasteiger partial charge >= 0.3 is 6.09 Å². The molecule has 0 spiro atoms. The fraction of sp³-hybridized carbons (Fsp3) is 0.857. The molecule has 1 amide bonds. The van der Waals surface area contributed by atoms with Crippen molar-refractivity contribution in [3.8, 4) is 0 Å². The Kier molecular flexibility index (Phi) is 7.20. The van der Waals surface area contributed by atoms with Crippen LogP contribution >= 0.6 is 0 Å². The Morgan fingerprint density at radius 2 is 1.83 bits per heavy atom. The number of nitrogens with zero attached hydrogens (tertiary/aromatic N) is 2. The van der Waals surface area contributed by atoms with E-state index in [1.807, 2.05) is 27.7 Å². The molecule has 7 nitrogen and oxygen atoms in total. The molecule has 1 aromatic heterocycles. The number of ether oxygens (including phenoxy) is 1. The van der Waals surface area contributed by atoms with Crippen LogP contribution in [0.1, 0.15) is 98.0 Å². The second-order valence-electron chi connectivity index (χ2n) is 10.7. The van der Waals surface area contributed by atoms with Crippen LogP contribution in [-0.2, 0) is 9.16 Å². The monoisotopic (exact) mass is 425 g/mol. The summed E-state index contributed by atoms with van der Waals surface area (Å²) in [4.78, 5) is 12.1. The minimum Gasteiger partial charge on any atom is -0.444 e. The van der Waals surface area contributed by atoms with Crippen LogP contribution < -0.4 is 5.32 Å². The summed E-state index contributed by atoms with van der Waals surface area (Å²) >= 11 is 0. The third kappa shape index (κ3) is 6.81. The van der Waals surface area contributed by atoms with Gasteiger partial charge in [0, 0.05) is 12.0 Å². The lowest BCUT2D eigenvalue weighted by Gasteiger charge is -2.37. The molecule has 2 rings (SSSR count). The first-order valence-corrected chi connectivity index (χ1v) is 13.6. The number of aromatic nitrogens is 2. The lowest BCUT2D eigenvalue weighted by atomic mass is 9.85. The molecule has 8 heteroatoms. The summed E-state index contributed by atoms with van der Waals surface area (Å²) < 4.78 is 17.8. The van der Waals surface area contributed by atoms with Crippen molar-refractivity contribution in [1.29, 1.82) is 0 Å². The average molecular weight is 426 g/mol. The molecule has 0 radical (unpaired) electrons. The third-order valence-electron chi connectivity index (χ3n) is 5.83. The number of hydrogen-bond donors (Lipinski definition) is 1. The number of amides is 1. The standard InChI is InChI=1S/C21H39N3O4Si/c1-14(28-29(8,9)21(5,6)7)17-23-24-18(26-17)15-11-10-12-16(13-15)22-19(25)27-20(2,3)4/h14-16H,10-13H2,1-9H3,(H,22,25)/t14-,15?,16?/m1/s1. The maximum Gasteiger partial charge on any atom is 0.407 e. The maximum atomic E-state index is 12.1. The van der Waals surface area contributed by atoms with Crippen LogP contribution in [0.5, 0.6) is 0 Å². The fourth-order valence-corrected chi connectivity index (χ4v) is 4.60. The number of carbonyl (C=O) groups is 1. The van der Waals surface area contributed by atoms with Crippen LogP contribution in [0, 0.1) is 0 Å². The van der Waals surface area contributed by atoms with Gasteiger partial charge in [0.2, 0.25) is 11.8 Å². The SMILES string of the molecule is C[C@@H](O[Si](C)(C)C(C)(C)C)c1nnc(C2CCCC(NC(=O)OC(C)(C)C)C2)o1. The molecule has 0 aromatic carbocycles. The van der Waals surface area contributed by atoms with Crippen molar-refractivity contribution in [3.05, 3.63) is 11.8 Å². The van der Waals surface area contributed by atoms with Crippen molar-refractivity contribution in [2.45, 2.75) is 116 Å². The van der Waals surface area contributed by atoms with Crippen LogP contribution in [0.3, 0.4) is 0 Å². The van der Waals surface area contributed by atoms with E-state index in [-0.39, 0.29) is 29.2 Å². The van der Waals surface area contributed by atoms with Gasteiger partial charge in [-0.15, -0.1) is 10.2 Å². The second kappa shape index (κ2) is 8.76. The third-order valence-corrected chi connectivity index (χ3v) is 10.4. The fourth-order valence-electron chi connectivity index (χ4n) is 3.26. The van der Waals surface area contributed by atoms with E-state index in [4.69, 9.17) is 13.6 Å². The van der Waals surface area contributed by atoms with E-state index in [1.165, 1.54) is 0 Å². The Morgan fingerprint density at radius 3 is 2.41 bits per heavy atom. The van der Waals surface area contributed by atoms with Crippen molar-refractivity contribution < 1.29 is 18.4 Å². The summed E-state index contributed by atoms with van der Waals surface area (Å²) in [5.41, 5.74) is -0.500. The molecule has 1 aromatic rings. The molecule has 0 bridgehead atoms. The zero-order valence-electron chi connectivity index (χ0n) is 19.6. The lowest BCUT2D eigenvalue weighted by Crippen LogP contribution is -2.41. The van der Waals surface area contributed by atoms with Crippen molar-refractivity contribution in [2.75, 3.05) is 0 Å². The zero-order valence-corrected chi connectivity index (χ0v) is 20.6. The first-order chi connectivity index (χ1) is 13.2. The lowest BCUT2D eigenvalue weighted by molar-refractivity contribution is 0.0488. The van der Waals surface area contributed by atoms with Crippen molar-refractivity contribution in [2.24, 2.45) is 0 Å². The highest BCUT2D eigenvalue weighted by Gasteiger charge is 2.39. The van der Waals surface area contributed by atoms with Gasteiger partial charge in [-0.05, 0) is 65.1 Å². The molecular formula is C21H39N3O4Si. The molecule has 0 aliphatic heterocycles. The highest BCUT2D eigenvalue weighted by molar-refractivity contribution is 6.74. The van der Waals surface area contributed by atoms with Gasteiger partial charge in [-0.3, -0.25) is 0 Å². The van der Waals surface area contributed by atoms with Gasteiger partial charge in [-0.25, -0.2) is 4.79 Å². The van der Waals surface area contributed by atoms with Gasteiger partial charge < -0.3 is 18.9 Å². The molecule has 1 fully saturated rings. The molecule has 1 aliphatic rings. The van der Waals surface area contributed by atoms with Gasteiger partial charge in [-0.1, -0.05) is 27.2 Å². The van der Waals surface area contributed by atoms with Crippen LogP contribution in [0.2, 0.25) is 18.1 Å². The Morgan fingerprint density at radius 1 is 1.17 bits per heavy atom. The molecule has 29 heavy (non-hydrogen) atoms. The number of hydrogen-bond acceptors (Lipinski definition) is 6. The Labute approximate surface area is 176 Å². The summed E-state index contributed by atoms with van der Waals surface area (Å²) in [7, 11) is -1.92. The molecule has 1 N–H and O–H groups in total. The van der Waals surface area contributed by atoms with Gasteiger partial charge in [0.1, 0.15) is 11.7 Å². The smallest absolute Gasteiger partial charge is 0.407 e. The number of alkyl carbamates (subject to hydrolysis) is 1. The van der Waals surface area contributed by atoms with Crippen LogP contribution in [0.15, 0.2) is 4.42 Å². The Balaban J connectivity index is 1.98. The number of rotatable bonds is 5. The quantitative estimate of drug-likeness (QED) is 0.609. The van der Waals surface area contributed by atoms with E-state index >= 15 is 0 Å². The van der Waals surface area contributed by atoms with Gasteiger partial charge in [0.15, 0.2) is 8.32 Å². The van der Waals surface area contributed by atoms with E-state index < -0.39 is 13.9 Å². The summed E-state index contributed by atoms with van der Waals surface area (Å²) in [6.45, 7) is 18.6. The second-order valence-corrected chi connectivity index (χ2v) is 15.5. The van der Waals surface area contributed by atoms with Gasteiger partial charge in [0.25, 0.3) is 0 Å². The molecule has 2 unspecified atom stereocenters. The first-order valence-electron chi connectivity index (χ1n) is 10.7. The average Bonchev–Trinajstić information content (AvgIpc) is 3.01. The van der Waals surface area contributed by atoms with E-state index in [9.17, 15) is 4.79 Å². The van der Waals surface area contributed by atoms with Gasteiger partial charge in [-0.2, -0.15) is 0 Å². The Bertz CT molecular complexity index is 691. The van der Waals surface area contributed by atoms with Crippen molar-refractivity contribution in [3.63, 3.8) is 0 Å². The normalized spacial score (nSPS) is 22.2. The van der Waals surface area contributed by atoms with E-state index in [2.05, 4.69) is 49.4 Å². The summed E-state index contributed by atoms with van der Waals surface area (Å²) in [6, 6.07) is 0.0554. The highest BCUT2D eigenvalue weighted by Crippen LogP contribution is 2.40. The summed E-state index contributed by atoms with van der Waals surface area (Å²) in [5.74, 6) is 1.32. The minimum absolute atomic E-state index is 0.0554. The highest BCUT2D eigenvalue weighted by atomic mass is 28.4. The number of nitrogens with one attached hydrogen (secondary N) is 1. The minimum atomic E-state index is -1.92. The predicted octanol–water partition coefficient (Wildman–Crippen LogP) is 5.70. The van der Waals surface area contributed by atoms with Crippen molar-refractivity contribution >= 4 is 14.4 Å². The molecular weight excluding hydrogens is 386 g/mol. The maximum absolute atomic E-state index is 12.1. The molecule has 3 atom stereocenters. The van der Waals surface area contributed by atoms with Crippen LogP contribution in [-0.4, -0.2) is 36.3 Å². The molecule has 1 saturated carbocycles.